The Morgan fingerprint density at radius 3 is 3.00 bits per heavy atom. The Hall–Kier alpha value is -1.75. The number of ether oxygens (including phenoxy) is 1. The number of carbonyl (C=O) groups excluding carboxylic acids is 1. The van der Waals surface area contributed by atoms with Gasteiger partial charge in [0.1, 0.15) is 0 Å². The van der Waals surface area contributed by atoms with Crippen molar-refractivity contribution in [1.82, 2.24) is 4.90 Å². The first-order chi connectivity index (χ1) is 10.2. The van der Waals surface area contributed by atoms with Gasteiger partial charge in [-0.2, -0.15) is 0 Å². The molecule has 0 spiro atoms. The molecule has 2 heterocycles. The molecular weight excluding hydrogens is 266 g/mol. The van der Waals surface area contributed by atoms with Crippen LogP contribution in [-0.2, 0) is 4.74 Å². The van der Waals surface area contributed by atoms with Gasteiger partial charge in [-0.3, -0.25) is 4.90 Å². The molecule has 1 aromatic carbocycles. The Morgan fingerprint density at radius 1 is 1.33 bits per heavy atom. The molecule has 3 N–H and O–H groups in total. The van der Waals surface area contributed by atoms with E-state index in [0.717, 1.165) is 18.7 Å². The van der Waals surface area contributed by atoms with Crippen LogP contribution in [0.3, 0.4) is 0 Å². The van der Waals surface area contributed by atoms with E-state index in [1.54, 1.807) is 6.07 Å². The largest absolute Gasteiger partial charge is 0.465 e. The van der Waals surface area contributed by atoms with Gasteiger partial charge in [-0.05, 0) is 37.9 Å². The van der Waals surface area contributed by atoms with Crippen molar-refractivity contribution in [3.63, 3.8) is 0 Å². The number of nitrogens with one attached hydrogen (secondary N) is 1. The normalized spacial score (nSPS) is 25.4. The maximum absolute atomic E-state index is 11.7. The van der Waals surface area contributed by atoms with E-state index in [0.29, 0.717) is 23.3 Å². The third-order valence-electron chi connectivity index (χ3n) is 4.71. The number of nitrogens with two attached hydrogens (primary N) is 1. The molecule has 21 heavy (non-hydrogen) atoms. The van der Waals surface area contributed by atoms with E-state index in [-0.39, 0.29) is 5.97 Å². The van der Waals surface area contributed by atoms with Crippen LogP contribution in [0.25, 0.3) is 0 Å². The number of nitrogens with zero attached hydrogens (tertiary/aromatic N) is 1. The summed E-state index contributed by atoms with van der Waals surface area (Å²) in [6.07, 6.45) is 4.99. The lowest BCUT2D eigenvalue weighted by molar-refractivity contribution is 0.0602. The van der Waals surface area contributed by atoms with Crippen LogP contribution in [0.5, 0.6) is 0 Å². The van der Waals surface area contributed by atoms with Crippen molar-refractivity contribution < 1.29 is 9.53 Å². The zero-order valence-electron chi connectivity index (χ0n) is 12.5. The maximum atomic E-state index is 11.7. The molecule has 114 valence electrons. The first kappa shape index (κ1) is 14.2. The highest BCUT2D eigenvalue weighted by Gasteiger charge is 2.35. The van der Waals surface area contributed by atoms with Crippen LogP contribution in [0.4, 0.5) is 11.4 Å². The summed E-state index contributed by atoms with van der Waals surface area (Å²) in [5.74, 6) is -0.387. The first-order valence-electron chi connectivity index (χ1n) is 7.68. The minimum absolute atomic E-state index is 0.387. The Labute approximate surface area is 125 Å². The van der Waals surface area contributed by atoms with E-state index in [1.807, 2.05) is 12.1 Å². The standard InChI is InChI=1S/C16H23N3O2/c1-21-16(20)11-5-4-6-13(15(11)17)18-12-8-10-19-9-3-2-7-14(12)19/h4-6,12,14,18H,2-3,7-10,17H2,1H3. The molecule has 1 aromatic rings. The van der Waals surface area contributed by atoms with Crippen LogP contribution < -0.4 is 11.1 Å². The van der Waals surface area contributed by atoms with Gasteiger partial charge in [0.05, 0.1) is 24.0 Å². The number of methoxy groups -OCH3 is 1. The molecule has 2 fully saturated rings. The molecule has 0 aromatic heterocycles. The zero-order valence-corrected chi connectivity index (χ0v) is 12.5. The van der Waals surface area contributed by atoms with Gasteiger partial charge in [-0.1, -0.05) is 12.5 Å². The van der Waals surface area contributed by atoms with Crippen LogP contribution in [0.2, 0.25) is 0 Å². The molecule has 5 heteroatoms. The van der Waals surface area contributed by atoms with Gasteiger partial charge in [0.25, 0.3) is 0 Å². The summed E-state index contributed by atoms with van der Waals surface area (Å²) in [6, 6.07) is 6.50. The summed E-state index contributed by atoms with van der Waals surface area (Å²) < 4.78 is 4.77. The van der Waals surface area contributed by atoms with Crippen LogP contribution in [-0.4, -0.2) is 43.2 Å². The quantitative estimate of drug-likeness (QED) is 0.659. The highest BCUT2D eigenvalue weighted by atomic mass is 16.5. The fraction of sp³-hybridized carbons (Fsp3) is 0.562. The van der Waals surface area contributed by atoms with Crippen molar-refractivity contribution in [2.75, 3.05) is 31.2 Å². The maximum Gasteiger partial charge on any atom is 0.340 e. The molecule has 5 nitrogen and oxygen atoms in total. The summed E-state index contributed by atoms with van der Waals surface area (Å²) in [6.45, 7) is 2.36. The fourth-order valence-electron chi connectivity index (χ4n) is 3.59. The van der Waals surface area contributed by atoms with Crippen molar-refractivity contribution >= 4 is 17.3 Å². The second-order valence-electron chi connectivity index (χ2n) is 5.90. The number of anilines is 2. The number of piperidine rings is 1. The van der Waals surface area contributed by atoms with E-state index in [1.165, 1.54) is 32.9 Å². The van der Waals surface area contributed by atoms with Gasteiger partial charge < -0.3 is 15.8 Å². The monoisotopic (exact) mass is 289 g/mol. The highest BCUT2D eigenvalue weighted by molar-refractivity contribution is 5.98. The molecular formula is C16H23N3O2. The Morgan fingerprint density at radius 2 is 2.19 bits per heavy atom. The lowest BCUT2D eigenvalue weighted by Gasteiger charge is -2.33. The Balaban J connectivity index is 1.77. The Bertz CT molecular complexity index is 532. The van der Waals surface area contributed by atoms with Crippen LogP contribution >= 0.6 is 0 Å². The van der Waals surface area contributed by atoms with E-state index < -0.39 is 0 Å². The average Bonchev–Trinajstić information content (AvgIpc) is 2.92. The number of esters is 1. The number of fused-ring (bicyclic) bond motifs is 1. The minimum Gasteiger partial charge on any atom is -0.465 e. The number of para-hydroxylation sites is 1. The number of hydrogen-bond acceptors (Lipinski definition) is 5. The van der Waals surface area contributed by atoms with Gasteiger partial charge in [0, 0.05) is 18.6 Å². The Kier molecular flexibility index (Phi) is 4.01. The lowest BCUT2D eigenvalue weighted by atomic mass is 9.98. The number of rotatable bonds is 3. The van der Waals surface area contributed by atoms with Crippen molar-refractivity contribution in [3.05, 3.63) is 23.8 Å². The molecule has 2 aliphatic rings. The third kappa shape index (κ3) is 2.70. The van der Waals surface area contributed by atoms with Crippen LogP contribution in [0.1, 0.15) is 36.0 Å². The van der Waals surface area contributed by atoms with Crippen molar-refractivity contribution in [2.24, 2.45) is 0 Å². The predicted octanol–water partition coefficient (Wildman–Crippen LogP) is 2.09. The second kappa shape index (κ2) is 5.93. The van der Waals surface area contributed by atoms with E-state index >= 15 is 0 Å². The SMILES string of the molecule is COC(=O)c1cccc(NC2CCN3CCCCC23)c1N. The van der Waals surface area contributed by atoms with Gasteiger partial charge in [0.15, 0.2) is 0 Å². The molecule has 3 rings (SSSR count). The topological polar surface area (TPSA) is 67.6 Å². The first-order valence-corrected chi connectivity index (χ1v) is 7.68. The predicted molar refractivity (Wildman–Crippen MR) is 83.4 cm³/mol. The summed E-state index contributed by atoms with van der Waals surface area (Å²) in [7, 11) is 1.37. The highest BCUT2D eigenvalue weighted by Crippen LogP contribution is 2.31. The van der Waals surface area contributed by atoms with Crippen LogP contribution in [0.15, 0.2) is 18.2 Å². The molecule has 0 saturated carbocycles. The fourth-order valence-corrected chi connectivity index (χ4v) is 3.59. The number of carbonyl (C=O) groups is 1. The second-order valence-corrected chi connectivity index (χ2v) is 5.90. The third-order valence-corrected chi connectivity index (χ3v) is 4.71. The van der Waals surface area contributed by atoms with Gasteiger partial charge in [0.2, 0.25) is 0 Å². The molecule has 2 aliphatic heterocycles. The van der Waals surface area contributed by atoms with Gasteiger partial charge in [-0.15, -0.1) is 0 Å². The number of nitrogen functional groups attached to an aromatic ring is 1. The van der Waals surface area contributed by atoms with E-state index in [9.17, 15) is 4.79 Å². The average molecular weight is 289 g/mol. The van der Waals surface area contributed by atoms with E-state index in [4.69, 9.17) is 10.5 Å². The molecule has 0 radical (unpaired) electrons. The molecule has 2 saturated heterocycles. The lowest BCUT2D eigenvalue weighted by Crippen LogP contribution is -2.41. The number of hydrogen-bond donors (Lipinski definition) is 2. The van der Waals surface area contributed by atoms with Crippen molar-refractivity contribution in [3.8, 4) is 0 Å². The van der Waals surface area contributed by atoms with E-state index in [2.05, 4.69) is 10.2 Å². The summed E-state index contributed by atoms with van der Waals surface area (Å²) in [4.78, 5) is 14.3. The smallest absolute Gasteiger partial charge is 0.340 e. The van der Waals surface area contributed by atoms with Crippen LogP contribution in [0, 0.1) is 0 Å². The summed E-state index contributed by atoms with van der Waals surface area (Å²) >= 11 is 0. The zero-order chi connectivity index (χ0) is 14.8. The summed E-state index contributed by atoms with van der Waals surface area (Å²) in [5.41, 5.74) is 7.89. The summed E-state index contributed by atoms with van der Waals surface area (Å²) in [5, 5.41) is 3.55. The molecule has 0 aliphatic carbocycles. The molecule has 0 bridgehead atoms. The van der Waals surface area contributed by atoms with Gasteiger partial charge in [-0.25, -0.2) is 4.79 Å². The van der Waals surface area contributed by atoms with Gasteiger partial charge >= 0.3 is 5.97 Å². The molecule has 0 amide bonds. The number of benzene rings is 1. The van der Waals surface area contributed by atoms with Crippen molar-refractivity contribution in [1.29, 1.82) is 0 Å². The molecule has 2 atom stereocenters. The minimum atomic E-state index is -0.387. The molecule has 2 unspecified atom stereocenters. The van der Waals surface area contributed by atoms with Crippen molar-refractivity contribution in [2.45, 2.75) is 37.8 Å².